The highest BCUT2D eigenvalue weighted by atomic mass is 35.5. The lowest BCUT2D eigenvalue weighted by atomic mass is 10.1. The molecule has 0 unspecified atom stereocenters. The number of anilines is 3. The molecule has 1 fully saturated rings. The van der Waals surface area contributed by atoms with E-state index in [4.69, 9.17) is 28.2 Å². The van der Waals surface area contributed by atoms with Crippen LogP contribution in [0.25, 0.3) is 11.0 Å². The highest BCUT2D eigenvalue weighted by Gasteiger charge is 2.19. The quantitative estimate of drug-likeness (QED) is 0.733. The van der Waals surface area contributed by atoms with Crippen LogP contribution in [-0.2, 0) is 7.05 Å². The summed E-state index contributed by atoms with van der Waals surface area (Å²) in [6.07, 6.45) is 5.47. The standard InChI is InChI=1S/C17H18Cl2N6/c1-24-15-12(10-20-24)16(25-7-3-2-4-8-25)23-17(22-15)21-11-5-6-13(18)14(19)9-11/h5-6,9-10H,2-4,7-8H2,1H3,(H,21,22,23). The first-order valence-corrected chi connectivity index (χ1v) is 9.04. The summed E-state index contributed by atoms with van der Waals surface area (Å²) < 4.78 is 1.77. The number of fused-ring (bicyclic) bond motifs is 1. The maximum absolute atomic E-state index is 6.10. The van der Waals surface area contributed by atoms with Crippen LogP contribution in [0.4, 0.5) is 17.5 Å². The summed E-state index contributed by atoms with van der Waals surface area (Å²) in [6.45, 7) is 2.01. The summed E-state index contributed by atoms with van der Waals surface area (Å²) in [5.74, 6) is 1.45. The second-order valence-corrected chi connectivity index (χ2v) is 6.99. The van der Waals surface area contributed by atoms with Gasteiger partial charge in [0.05, 0.1) is 21.6 Å². The van der Waals surface area contributed by atoms with Crippen molar-refractivity contribution < 1.29 is 0 Å². The van der Waals surface area contributed by atoms with Crippen molar-refractivity contribution in [1.82, 2.24) is 19.7 Å². The van der Waals surface area contributed by atoms with E-state index in [9.17, 15) is 0 Å². The van der Waals surface area contributed by atoms with Crippen LogP contribution in [0.5, 0.6) is 0 Å². The number of nitrogens with one attached hydrogen (secondary N) is 1. The summed E-state index contributed by atoms with van der Waals surface area (Å²) >= 11 is 12.1. The minimum atomic E-state index is 0.490. The Labute approximate surface area is 155 Å². The van der Waals surface area contributed by atoms with E-state index in [1.807, 2.05) is 19.3 Å². The average molecular weight is 377 g/mol. The Bertz CT molecular complexity index is 917. The molecule has 0 amide bonds. The predicted molar refractivity (Wildman–Crippen MR) is 102 cm³/mol. The van der Waals surface area contributed by atoms with Gasteiger partial charge in [-0.3, -0.25) is 4.68 Å². The van der Waals surface area contributed by atoms with Crippen LogP contribution < -0.4 is 10.2 Å². The van der Waals surface area contributed by atoms with E-state index in [-0.39, 0.29) is 0 Å². The Hall–Kier alpha value is -2.05. The molecular formula is C17H18Cl2N6. The average Bonchev–Trinajstić information content (AvgIpc) is 3.00. The van der Waals surface area contributed by atoms with Gasteiger partial charge in [0.1, 0.15) is 5.82 Å². The molecular weight excluding hydrogens is 359 g/mol. The number of aryl methyl sites for hydroxylation is 1. The number of aromatic nitrogens is 4. The Morgan fingerprint density at radius 3 is 2.60 bits per heavy atom. The number of halogens is 2. The zero-order valence-electron chi connectivity index (χ0n) is 13.8. The molecule has 6 nitrogen and oxygen atoms in total. The topological polar surface area (TPSA) is 58.9 Å². The molecule has 0 bridgehead atoms. The predicted octanol–water partition coefficient (Wildman–Crippen LogP) is 4.40. The number of hydrogen-bond acceptors (Lipinski definition) is 5. The van der Waals surface area contributed by atoms with E-state index in [1.54, 1.807) is 16.8 Å². The molecule has 1 aliphatic heterocycles. The first kappa shape index (κ1) is 16.4. The van der Waals surface area contributed by atoms with E-state index in [0.29, 0.717) is 16.0 Å². The van der Waals surface area contributed by atoms with Crippen LogP contribution in [-0.4, -0.2) is 32.8 Å². The summed E-state index contributed by atoms with van der Waals surface area (Å²) in [4.78, 5) is 11.7. The molecule has 0 spiro atoms. The third-order valence-electron chi connectivity index (χ3n) is 4.40. The molecule has 0 saturated carbocycles. The van der Waals surface area contributed by atoms with Crippen LogP contribution in [0, 0.1) is 0 Å². The number of nitrogens with zero attached hydrogens (tertiary/aromatic N) is 5. The molecule has 8 heteroatoms. The molecule has 1 saturated heterocycles. The van der Waals surface area contributed by atoms with Gasteiger partial charge in [-0.2, -0.15) is 15.1 Å². The van der Waals surface area contributed by atoms with Crippen LogP contribution in [0.3, 0.4) is 0 Å². The van der Waals surface area contributed by atoms with Gasteiger partial charge in [0, 0.05) is 25.8 Å². The lowest BCUT2D eigenvalue weighted by molar-refractivity contribution is 0.575. The fourth-order valence-electron chi connectivity index (χ4n) is 3.11. The molecule has 130 valence electrons. The first-order chi connectivity index (χ1) is 12.1. The largest absolute Gasteiger partial charge is 0.356 e. The highest BCUT2D eigenvalue weighted by molar-refractivity contribution is 6.42. The Morgan fingerprint density at radius 1 is 1.04 bits per heavy atom. The van der Waals surface area contributed by atoms with Crippen LogP contribution in [0.15, 0.2) is 24.4 Å². The third-order valence-corrected chi connectivity index (χ3v) is 5.14. The van der Waals surface area contributed by atoms with Gasteiger partial charge >= 0.3 is 0 Å². The summed E-state index contributed by atoms with van der Waals surface area (Å²) in [7, 11) is 1.89. The maximum atomic E-state index is 6.10. The lowest BCUT2D eigenvalue weighted by Gasteiger charge is -2.28. The van der Waals surface area contributed by atoms with Crippen molar-refractivity contribution in [2.24, 2.45) is 7.05 Å². The molecule has 1 aromatic carbocycles. The zero-order chi connectivity index (χ0) is 17.4. The molecule has 1 aliphatic rings. The van der Waals surface area contributed by atoms with E-state index < -0.39 is 0 Å². The number of benzene rings is 1. The van der Waals surface area contributed by atoms with Gasteiger partial charge in [-0.15, -0.1) is 0 Å². The second-order valence-electron chi connectivity index (χ2n) is 6.18. The van der Waals surface area contributed by atoms with Crippen LogP contribution in [0.1, 0.15) is 19.3 Å². The van der Waals surface area contributed by atoms with Crippen molar-refractivity contribution in [3.63, 3.8) is 0 Å². The molecule has 2 aromatic heterocycles. The first-order valence-electron chi connectivity index (χ1n) is 8.28. The smallest absolute Gasteiger partial charge is 0.231 e. The van der Waals surface area contributed by atoms with Crippen molar-refractivity contribution in [3.8, 4) is 0 Å². The summed E-state index contributed by atoms with van der Waals surface area (Å²) in [5.41, 5.74) is 1.60. The normalized spacial score (nSPS) is 14.9. The summed E-state index contributed by atoms with van der Waals surface area (Å²) in [5, 5.41) is 9.56. The fraction of sp³-hybridized carbons (Fsp3) is 0.353. The maximum Gasteiger partial charge on any atom is 0.231 e. The van der Waals surface area contributed by atoms with Crippen LogP contribution in [0.2, 0.25) is 10.0 Å². The lowest BCUT2D eigenvalue weighted by Crippen LogP contribution is -2.30. The van der Waals surface area contributed by atoms with Gasteiger partial charge in [0.2, 0.25) is 5.95 Å². The van der Waals surface area contributed by atoms with E-state index in [0.717, 1.165) is 35.6 Å². The minimum absolute atomic E-state index is 0.490. The monoisotopic (exact) mass is 376 g/mol. The third kappa shape index (κ3) is 3.24. The molecule has 4 rings (SSSR count). The Balaban J connectivity index is 1.75. The van der Waals surface area contributed by atoms with Gasteiger partial charge < -0.3 is 10.2 Å². The van der Waals surface area contributed by atoms with Crippen molar-refractivity contribution in [1.29, 1.82) is 0 Å². The molecule has 0 aliphatic carbocycles. The molecule has 3 aromatic rings. The van der Waals surface area contributed by atoms with Crippen molar-refractivity contribution in [2.45, 2.75) is 19.3 Å². The van der Waals surface area contributed by atoms with Gasteiger partial charge in [0.25, 0.3) is 0 Å². The fourth-order valence-corrected chi connectivity index (χ4v) is 3.41. The molecule has 1 N–H and O–H groups in total. The van der Waals surface area contributed by atoms with Crippen molar-refractivity contribution in [3.05, 3.63) is 34.4 Å². The Kier molecular flexibility index (Phi) is 4.39. The van der Waals surface area contributed by atoms with Crippen molar-refractivity contribution >= 4 is 51.7 Å². The van der Waals surface area contributed by atoms with Gasteiger partial charge in [-0.25, -0.2) is 0 Å². The number of rotatable bonds is 3. The summed E-state index contributed by atoms with van der Waals surface area (Å²) in [6, 6.07) is 5.37. The molecule has 3 heterocycles. The van der Waals surface area contributed by atoms with Gasteiger partial charge in [-0.05, 0) is 37.5 Å². The highest BCUT2D eigenvalue weighted by Crippen LogP contribution is 2.30. The minimum Gasteiger partial charge on any atom is -0.356 e. The van der Waals surface area contributed by atoms with Gasteiger partial charge in [-0.1, -0.05) is 23.2 Å². The molecule has 25 heavy (non-hydrogen) atoms. The zero-order valence-corrected chi connectivity index (χ0v) is 15.3. The molecule has 0 atom stereocenters. The number of piperidine rings is 1. The number of hydrogen-bond donors (Lipinski definition) is 1. The van der Waals surface area contributed by atoms with E-state index in [1.165, 1.54) is 19.3 Å². The van der Waals surface area contributed by atoms with Crippen LogP contribution >= 0.6 is 23.2 Å². The Morgan fingerprint density at radius 2 is 1.84 bits per heavy atom. The second kappa shape index (κ2) is 6.69. The van der Waals surface area contributed by atoms with Gasteiger partial charge in [0.15, 0.2) is 5.65 Å². The van der Waals surface area contributed by atoms with E-state index >= 15 is 0 Å². The molecule has 0 radical (unpaired) electrons. The van der Waals surface area contributed by atoms with Crippen molar-refractivity contribution in [2.75, 3.05) is 23.3 Å². The SMILES string of the molecule is Cn1ncc2c(N3CCCCC3)nc(Nc3ccc(Cl)c(Cl)c3)nc21. The van der Waals surface area contributed by atoms with E-state index in [2.05, 4.69) is 20.3 Å².